The molecule has 0 N–H and O–H groups in total. The molecule has 8 heteroatoms. The molecule has 0 fully saturated rings. The highest BCUT2D eigenvalue weighted by atomic mass is 35.7. The van der Waals surface area contributed by atoms with E-state index in [9.17, 15) is 18.5 Å². The Kier molecular flexibility index (Phi) is 6.22. The Balaban J connectivity index is 2.45. The molecular formula is C12H16ClNO5S. The van der Waals surface area contributed by atoms with Crippen molar-refractivity contribution in [2.24, 2.45) is 0 Å². The van der Waals surface area contributed by atoms with Crippen LogP contribution in [0.2, 0.25) is 0 Å². The second kappa shape index (κ2) is 7.44. The van der Waals surface area contributed by atoms with Crippen LogP contribution in [-0.4, -0.2) is 25.7 Å². The van der Waals surface area contributed by atoms with Gasteiger partial charge in [-0.3, -0.25) is 10.1 Å². The summed E-state index contributed by atoms with van der Waals surface area (Å²) in [6.45, 7) is 2.04. The maximum Gasteiger partial charge on any atom is 0.311 e. The molecule has 0 aliphatic rings. The summed E-state index contributed by atoms with van der Waals surface area (Å²) in [5.74, 6) is 0.196. The van der Waals surface area contributed by atoms with Crippen molar-refractivity contribution >= 4 is 25.4 Å². The molecule has 0 amide bonds. The third kappa shape index (κ3) is 5.75. The Labute approximate surface area is 122 Å². The minimum absolute atomic E-state index is 0.0617. The van der Waals surface area contributed by atoms with Crippen LogP contribution in [0.3, 0.4) is 0 Å². The fraction of sp³-hybridized carbons (Fsp3) is 0.500. The Morgan fingerprint density at radius 2 is 2.00 bits per heavy atom. The summed E-state index contributed by atoms with van der Waals surface area (Å²) in [7, 11) is 1.64. The molecule has 6 nitrogen and oxygen atoms in total. The topological polar surface area (TPSA) is 86.5 Å². The number of hydrogen-bond acceptors (Lipinski definition) is 5. The molecule has 0 radical (unpaired) electrons. The fourth-order valence-electron chi connectivity index (χ4n) is 1.70. The molecule has 0 saturated heterocycles. The summed E-state index contributed by atoms with van der Waals surface area (Å²) < 4.78 is 26.9. The highest BCUT2D eigenvalue weighted by Gasteiger charge is 2.16. The van der Waals surface area contributed by atoms with E-state index in [4.69, 9.17) is 15.4 Å². The van der Waals surface area contributed by atoms with Gasteiger partial charge in [0.1, 0.15) is 0 Å². The second-order valence-electron chi connectivity index (χ2n) is 4.33. The Morgan fingerprint density at radius 1 is 1.30 bits per heavy atom. The van der Waals surface area contributed by atoms with E-state index in [1.807, 2.05) is 0 Å². The molecule has 0 saturated carbocycles. The smallest absolute Gasteiger partial charge is 0.311 e. The first-order valence-electron chi connectivity index (χ1n) is 6.10. The van der Waals surface area contributed by atoms with Crippen LogP contribution < -0.4 is 4.74 Å². The first-order valence-corrected chi connectivity index (χ1v) is 8.58. The van der Waals surface area contributed by atoms with Gasteiger partial charge >= 0.3 is 5.69 Å². The summed E-state index contributed by atoms with van der Waals surface area (Å²) in [6.07, 6.45) is 1.69. The third-order valence-corrected chi connectivity index (χ3v) is 3.91. The number of nitro groups is 1. The number of halogens is 1. The Bertz CT molecular complexity index is 573. The van der Waals surface area contributed by atoms with Gasteiger partial charge in [0.2, 0.25) is 9.05 Å². The van der Waals surface area contributed by atoms with Crippen LogP contribution in [0.25, 0.3) is 0 Å². The van der Waals surface area contributed by atoms with Crippen molar-refractivity contribution in [3.63, 3.8) is 0 Å². The average molecular weight is 322 g/mol. The quantitative estimate of drug-likeness (QED) is 0.318. The number of nitrogens with zero attached hydrogens (tertiary/aromatic N) is 1. The van der Waals surface area contributed by atoms with Crippen LogP contribution in [-0.2, 0) is 9.05 Å². The van der Waals surface area contributed by atoms with E-state index in [0.29, 0.717) is 31.4 Å². The van der Waals surface area contributed by atoms with Crippen LogP contribution in [0.5, 0.6) is 5.75 Å². The van der Waals surface area contributed by atoms with E-state index in [0.717, 1.165) is 0 Å². The minimum Gasteiger partial charge on any atom is -0.487 e. The van der Waals surface area contributed by atoms with E-state index in [-0.39, 0.29) is 17.2 Å². The lowest BCUT2D eigenvalue weighted by molar-refractivity contribution is -0.385. The molecule has 0 unspecified atom stereocenters. The first-order chi connectivity index (χ1) is 9.31. The zero-order valence-electron chi connectivity index (χ0n) is 11.0. The molecule has 0 bridgehead atoms. The number of ether oxygens (including phenoxy) is 1. The normalized spacial score (nSPS) is 11.3. The van der Waals surface area contributed by atoms with Gasteiger partial charge < -0.3 is 4.74 Å². The Hall–Kier alpha value is -1.34. The van der Waals surface area contributed by atoms with E-state index >= 15 is 0 Å². The van der Waals surface area contributed by atoms with Crippen molar-refractivity contribution in [1.82, 2.24) is 0 Å². The molecule has 0 aliphatic carbocycles. The van der Waals surface area contributed by atoms with Crippen molar-refractivity contribution < 1.29 is 18.1 Å². The van der Waals surface area contributed by atoms with Gasteiger partial charge in [-0.2, -0.15) is 0 Å². The van der Waals surface area contributed by atoms with Gasteiger partial charge in [-0.1, -0.05) is 12.1 Å². The molecule has 20 heavy (non-hydrogen) atoms. The van der Waals surface area contributed by atoms with Gasteiger partial charge in [-0.15, -0.1) is 0 Å². The minimum atomic E-state index is -3.45. The number of benzene rings is 1. The van der Waals surface area contributed by atoms with E-state index in [1.54, 1.807) is 19.1 Å². The Morgan fingerprint density at radius 3 is 2.60 bits per heavy atom. The van der Waals surface area contributed by atoms with Gasteiger partial charge in [-0.25, -0.2) is 8.42 Å². The van der Waals surface area contributed by atoms with E-state index < -0.39 is 14.0 Å². The lowest BCUT2D eigenvalue weighted by atomic mass is 10.2. The van der Waals surface area contributed by atoms with Crippen LogP contribution in [0, 0.1) is 17.0 Å². The van der Waals surface area contributed by atoms with E-state index in [1.165, 1.54) is 6.07 Å². The molecule has 0 heterocycles. The number of para-hydroxylation sites is 1. The summed E-state index contributed by atoms with van der Waals surface area (Å²) in [5.41, 5.74) is 0.635. The number of unbranched alkanes of at least 4 members (excludes halogenated alkanes) is 2. The maximum atomic E-state index is 10.9. The maximum absolute atomic E-state index is 10.9. The van der Waals surface area contributed by atoms with Gasteiger partial charge in [0.05, 0.1) is 17.3 Å². The molecule has 1 rings (SSSR count). The van der Waals surface area contributed by atoms with Crippen molar-refractivity contribution in [1.29, 1.82) is 0 Å². The zero-order chi connectivity index (χ0) is 15.2. The number of nitro benzene ring substituents is 1. The fourth-order valence-corrected chi connectivity index (χ4v) is 2.57. The molecule has 0 spiro atoms. The van der Waals surface area contributed by atoms with E-state index in [2.05, 4.69) is 0 Å². The molecular weight excluding hydrogens is 306 g/mol. The van der Waals surface area contributed by atoms with Crippen LogP contribution >= 0.6 is 10.7 Å². The lowest BCUT2D eigenvalue weighted by Gasteiger charge is -2.09. The monoisotopic (exact) mass is 321 g/mol. The molecule has 112 valence electrons. The largest absolute Gasteiger partial charge is 0.487 e. The van der Waals surface area contributed by atoms with Crippen LogP contribution in [0.4, 0.5) is 5.69 Å². The summed E-state index contributed by atoms with van der Waals surface area (Å²) >= 11 is 0. The third-order valence-electron chi connectivity index (χ3n) is 2.67. The number of aryl methyl sites for hydroxylation is 1. The van der Waals surface area contributed by atoms with Crippen molar-refractivity contribution in [3.05, 3.63) is 33.9 Å². The highest BCUT2D eigenvalue weighted by Crippen LogP contribution is 2.30. The van der Waals surface area contributed by atoms with Crippen molar-refractivity contribution in [2.75, 3.05) is 12.4 Å². The van der Waals surface area contributed by atoms with Gasteiger partial charge in [0, 0.05) is 16.7 Å². The van der Waals surface area contributed by atoms with Crippen molar-refractivity contribution in [2.45, 2.75) is 26.2 Å². The number of hydrogen-bond donors (Lipinski definition) is 0. The molecule has 0 aliphatic heterocycles. The molecule has 1 aromatic rings. The summed E-state index contributed by atoms with van der Waals surface area (Å²) in [4.78, 5) is 10.4. The lowest BCUT2D eigenvalue weighted by Crippen LogP contribution is -2.03. The molecule has 1 aromatic carbocycles. The zero-order valence-corrected chi connectivity index (χ0v) is 12.6. The van der Waals surface area contributed by atoms with Gasteiger partial charge in [0.15, 0.2) is 5.75 Å². The first kappa shape index (κ1) is 16.7. The number of rotatable bonds is 8. The highest BCUT2D eigenvalue weighted by molar-refractivity contribution is 8.13. The second-order valence-corrected chi connectivity index (χ2v) is 7.23. The SMILES string of the molecule is Cc1cccc([N+](=O)[O-])c1OCCCCCS(=O)(=O)Cl. The summed E-state index contributed by atoms with van der Waals surface area (Å²) in [5, 5.41) is 10.9. The summed E-state index contributed by atoms with van der Waals surface area (Å²) in [6, 6.07) is 4.73. The van der Waals surface area contributed by atoms with Crippen LogP contribution in [0.1, 0.15) is 24.8 Å². The molecule has 0 atom stereocenters. The van der Waals surface area contributed by atoms with Crippen molar-refractivity contribution in [3.8, 4) is 5.75 Å². The van der Waals surface area contributed by atoms with Gasteiger partial charge in [0.25, 0.3) is 0 Å². The van der Waals surface area contributed by atoms with Gasteiger partial charge in [-0.05, 0) is 31.7 Å². The predicted octanol–water partition coefficient (Wildman–Crippen LogP) is 3.02. The average Bonchev–Trinajstić information content (AvgIpc) is 2.33. The van der Waals surface area contributed by atoms with Crippen LogP contribution in [0.15, 0.2) is 18.2 Å². The predicted molar refractivity (Wildman–Crippen MR) is 76.8 cm³/mol. The standard InChI is InChI=1S/C12H16ClNO5S/c1-10-6-5-7-11(14(15)16)12(10)19-8-3-2-4-9-20(13,17)18/h5-7H,2-4,8-9H2,1H3. The molecule has 0 aromatic heterocycles.